The predicted molar refractivity (Wildman–Crippen MR) is 107 cm³/mol. The molecule has 0 aliphatic carbocycles. The van der Waals surface area contributed by atoms with Gasteiger partial charge in [0.1, 0.15) is 12.6 Å². The van der Waals surface area contributed by atoms with Crippen LogP contribution in [-0.4, -0.2) is 23.0 Å². The number of nitrogens with one attached hydrogen (secondary N) is 2. The van der Waals surface area contributed by atoms with E-state index in [-0.39, 0.29) is 23.2 Å². The van der Waals surface area contributed by atoms with Gasteiger partial charge in [-0.3, -0.25) is 4.79 Å². The summed E-state index contributed by atoms with van der Waals surface area (Å²) in [6.45, 7) is 3.61. The minimum Gasteiger partial charge on any atom is -0.445 e. The molecular weight excluding hydrogens is 400 g/mol. The number of ether oxygens (including phenoxy) is 1. The van der Waals surface area contributed by atoms with Crippen LogP contribution in [0.15, 0.2) is 42.5 Å². The van der Waals surface area contributed by atoms with E-state index in [0.717, 1.165) is 29.0 Å². The molecule has 0 aliphatic rings. The van der Waals surface area contributed by atoms with Crippen molar-refractivity contribution >= 4 is 38.7 Å². The quantitative estimate of drug-likeness (QED) is 0.618. The lowest BCUT2D eigenvalue weighted by molar-refractivity contribution is -0.119. The summed E-state index contributed by atoms with van der Waals surface area (Å²) in [5.41, 5.74) is 1.06. The first kappa shape index (κ1) is 20.7. The summed E-state index contributed by atoms with van der Waals surface area (Å²) >= 11 is 1.01. The van der Waals surface area contributed by atoms with Crippen LogP contribution >= 0.6 is 11.3 Å². The van der Waals surface area contributed by atoms with Crippen LogP contribution in [-0.2, 0) is 16.1 Å². The molecule has 2 N–H and O–H groups in total. The van der Waals surface area contributed by atoms with Crippen LogP contribution in [0.1, 0.15) is 19.4 Å². The first-order chi connectivity index (χ1) is 13.8. The normalized spacial score (nSPS) is 12.0. The van der Waals surface area contributed by atoms with Crippen molar-refractivity contribution in [1.29, 1.82) is 0 Å². The number of hydrogen-bond donors (Lipinski definition) is 2. The van der Waals surface area contributed by atoms with Gasteiger partial charge in [0.25, 0.3) is 0 Å². The van der Waals surface area contributed by atoms with Gasteiger partial charge in [0, 0.05) is 6.07 Å². The molecule has 6 nitrogen and oxygen atoms in total. The summed E-state index contributed by atoms with van der Waals surface area (Å²) in [6.07, 6.45) is -0.726. The molecule has 0 bridgehead atoms. The second-order valence-electron chi connectivity index (χ2n) is 6.67. The Balaban J connectivity index is 1.64. The summed E-state index contributed by atoms with van der Waals surface area (Å²) in [4.78, 5) is 28.8. The highest BCUT2D eigenvalue weighted by Crippen LogP contribution is 2.28. The maximum absolute atomic E-state index is 13.3. The van der Waals surface area contributed by atoms with Gasteiger partial charge in [0.2, 0.25) is 5.91 Å². The van der Waals surface area contributed by atoms with Gasteiger partial charge in [-0.25, -0.2) is 18.6 Å². The van der Waals surface area contributed by atoms with E-state index in [0.29, 0.717) is 4.70 Å². The SMILES string of the molecule is CC(C)[C@H](NC(=O)OCc1ccccc1)C(=O)Nc1nc2cc(F)c(F)cc2s1. The summed E-state index contributed by atoms with van der Waals surface area (Å²) in [5.74, 6) is -2.73. The van der Waals surface area contributed by atoms with Gasteiger partial charge in [0.15, 0.2) is 16.8 Å². The number of fused-ring (bicyclic) bond motifs is 1. The highest BCUT2D eigenvalue weighted by molar-refractivity contribution is 7.22. The molecule has 1 atom stereocenters. The predicted octanol–water partition coefficient (Wildman–Crippen LogP) is 4.46. The van der Waals surface area contributed by atoms with Crippen LogP contribution in [0.25, 0.3) is 10.2 Å². The zero-order valence-corrected chi connectivity index (χ0v) is 16.6. The largest absolute Gasteiger partial charge is 0.445 e. The standard InChI is InChI=1S/C20H19F2N3O3S/c1-11(2)17(24-20(27)28-10-12-6-4-3-5-7-12)18(26)25-19-23-15-8-13(21)14(22)9-16(15)29-19/h3-9,11,17H,10H2,1-2H3,(H,24,27)(H,23,25,26)/t17-/m0/s1. The summed E-state index contributed by atoms with van der Waals surface area (Å²) in [6, 6.07) is 10.3. The molecule has 1 heterocycles. The van der Waals surface area contributed by atoms with Crippen molar-refractivity contribution in [3.63, 3.8) is 0 Å². The monoisotopic (exact) mass is 419 g/mol. The topological polar surface area (TPSA) is 80.3 Å². The molecule has 152 valence electrons. The molecule has 0 saturated heterocycles. The van der Waals surface area contributed by atoms with Gasteiger partial charge in [-0.2, -0.15) is 0 Å². The number of carbonyl (C=O) groups excluding carboxylic acids is 2. The number of aromatic nitrogens is 1. The van der Waals surface area contributed by atoms with Crippen LogP contribution < -0.4 is 10.6 Å². The number of nitrogens with zero attached hydrogens (tertiary/aromatic N) is 1. The lowest BCUT2D eigenvalue weighted by Gasteiger charge is -2.20. The van der Waals surface area contributed by atoms with Gasteiger partial charge in [-0.1, -0.05) is 55.5 Å². The van der Waals surface area contributed by atoms with E-state index < -0.39 is 29.7 Å². The molecule has 3 rings (SSSR count). The maximum atomic E-state index is 13.3. The van der Waals surface area contributed by atoms with Gasteiger partial charge < -0.3 is 15.4 Å². The molecule has 0 fully saturated rings. The van der Waals surface area contributed by atoms with E-state index in [4.69, 9.17) is 4.74 Å². The molecule has 0 radical (unpaired) electrons. The lowest BCUT2D eigenvalue weighted by atomic mass is 10.0. The Bertz CT molecular complexity index is 985. The van der Waals surface area contributed by atoms with Gasteiger partial charge in [0.05, 0.1) is 10.2 Å². The zero-order chi connectivity index (χ0) is 21.0. The van der Waals surface area contributed by atoms with Gasteiger partial charge in [-0.15, -0.1) is 0 Å². The summed E-state index contributed by atoms with van der Waals surface area (Å²) in [7, 11) is 0. The Morgan fingerprint density at radius 3 is 2.52 bits per heavy atom. The lowest BCUT2D eigenvalue weighted by Crippen LogP contribution is -2.47. The number of carbonyl (C=O) groups is 2. The number of amides is 2. The van der Waals surface area contributed by atoms with Gasteiger partial charge >= 0.3 is 6.09 Å². The average Bonchev–Trinajstić information content (AvgIpc) is 3.06. The first-order valence-corrected chi connectivity index (χ1v) is 9.69. The highest BCUT2D eigenvalue weighted by atomic mass is 32.1. The number of hydrogen-bond acceptors (Lipinski definition) is 5. The number of anilines is 1. The number of halogens is 2. The van der Waals surface area contributed by atoms with E-state index in [1.165, 1.54) is 0 Å². The summed E-state index contributed by atoms with van der Waals surface area (Å²) < 4.78 is 32.2. The van der Waals surface area contributed by atoms with Crippen molar-refractivity contribution in [2.75, 3.05) is 5.32 Å². The van der Waals surface area contributed by atoms with Crippen LogP contribution in [0.3, 0.4) is 0 Å². The Morgan fingerprint density at radius 1 is 1.14 bits per heavy atom. The van der Waals surface area contributed by atoms with E-state index >= 15 is 0 Å². The molecule has 0 spiro atoms. The molecule has 1 aromatic heterocycles. The zero-order valence-electron chi connectivity index (χ0n) is 15.7. The summed E-state index contributed by atoms with van der Waals surface area (Å²) in [5, 5.41) is 5.31. The van der Waals surface area contributed by atoms with E-state index in [1.54, 1.807) is 13.8 Å². The third kappa shape index (κ3) is 5.26. The molecule has 9 heteroatoms. The number of benzene rings is 2. The van der Waals surface area contributed by atoms with Crippen molar-refractivity contribution in [3.05, 3.63) is 59.7 Å². The highest BCUT2D eigenvalue weighted by Gasteiger charge is 2.26. The minimum atomic E-state index is -1.01. The molecule has 0 aliphatic heterocycles. The van der Waals surface area contributed by atoms with E-state index in [2.05, 4.69) is 15.6 Å². The number of thiazole rings is 1. The van der Waals surface area contributed by atoms with Crippen molar-refractivity contribution in [1.82, 2.24) is 10.3 Å². The molecule has 3 aromatic rings. The minimum absolute atomic E-state index is 0.0775. The van der Waals surface area contributed by atoms with E-state index in [9.17, 15) is 18.4 Å². The Hall–Kier alpha value is -3.07. The Labute approximate surface area is 169 Å². The maximum Gasteiger partial charge on any atom is 0.408 e. The van der Waals surface area contributed by atoms with Crippen LogP contribution in [0.4, 0.5) is 18.7 Å². The van der Waals surface area contributed by atoms with Crippen molar-refractivity contribution in [2.24, 2.45) is 5.92 Å². The molecule has 2 amide bonds. The third-order valence-electron chi connectivity index (χ3n) is 4.10. The molecule has 0 unspecified atom stereocenters. The van der Waals surface area contributed by atoms with E-state index in [1.807, 2.05) is 30.3 Å². The van der Waals surface area contributed by atoms with Crippen LogP contribution in [0.2, 0.25) is 0 Å². The molecule has 29 heavy (non-hydrogen) atoms. The second-order valence-corrected chi connectivity index (χ2v) is 7.70. The van der Waals surface area contributed by atoms with Crippen LogP contribution in [0, 0.1) is 17.6 Å². The Kier molecular flexibility index (Phi) is 6.38. The first-order valence-electron chi connectivity index (χ1n) is 8.87. The van der Waals surface area contributed by atoms with Crippen molar-refractivity contribution in [3.8, 4) is 0 Å². The molecular formula is C20H19F2N3O3S. The number of rotatable bonds is 6. The third-order valence-corrected chi connectivity index (χ3v) is 5.03. The number of alkyl carbamates (subject to hydrolysis) is 1. The van der Waals surface area contributed by atoms with Crippen molar-refractivity contribution < 1.29 is 23.1 Å². The molecule has 2 aromatic carbocycles. The molecule has 0 saturated carbocycles. The Morgan fingerprint density at radius 2 is 1.83 bits per heavy atom. The fourth-order valence-electron chi connectivity index (χ4n) is 2.59. The fourth-order valence-corrected chi connectivity index (χ4v) is 3.46. The van der Waals surface area contributed by atoms with Gasteiger partial charge in [-0.05, 0) is 17.5 Å². The second kappa shape index (κ2) is 8.95. The smallest absolute Gasteiger partial charge is 0.408 e. The van der Waals surface area contributed by atoms with Crippen molar-refractivity contribution in [2.45, 2.75) is 26.5 Å². The average molecular weight is 419 g/mol. The van der Waals surface area contributed by atoms with Crippen LogP contribution in [0.5, 0.6) is 0 Å². The fraction of sp³-hybridized carbons (Fsp3) is 0.250.